The maximum atomic E-state index is 13.0. The number of benzene rings is 1. The van der Waals surface area contributed by atoms with Crippen molar-refractivity contribution in [2.75, 3.05) is 19.6 Å². The number of hydrogen-bond acceptors (Lipinski definition) is 3. The fraction of sp³-hybridized carbons (Fsp3) is 0.333. The summed E-state index contributed by atoms with van der Waals surface area (Å²) in [4.78, 5) is 19.9. The van der Waals surface area contributed by atoms with Crippen LogP contribution in [-0.4, -0.2) is 39.8 Å². The minimum Gasteiger partial charge on any atom is -0.349 e. The molecule has 0 spiro atoms. The van der Waals surface area contributed by atoms with Crippen LogP contribution in [0, 0.1) is 6.92 Å². The predicted molar refractivity (Wildman–Crippen MR) is 112 cm³/mol. The summed E-state index contributed by atoms with van der Waals surface area (Å²) in [6.07, 6.45) is 4.06. The van der Waals surface area contributed by atoms with Gasteiger partial charge < -0.3 is 5.32 Å². The molecule has 1 aliphatic heterocycles. The van der Waals surface area contributed by atoms with Crippen LogP contribution in [0.2, 0.25) is 10.0 Å². The molecule has 1 saturated heterocycles. The van der Waals surface area contributed by atoms with Gasteiger partial charge in [0.05, 0.1) is 21.8 Å². The van der Waals surface area contributed by atoms with E-state index >= 15 is 0 Å². The van der Waals surface area contributed by atoms with E-state index in [2.05, 4.69) is 27.3 Å². The van der Waals surface area contributed by atoms with Gasteiger partial charge in [0.15, 0.2) is 5.65 Å². The standard InChI is InChI=1S/C21H22Cl2N4O/c1-14-19(27-13-16(22)11-17(23)20(27)25-14)21(28)24-12-18(26-9-5-6-10-26)15-7-3-2-4-8-15/h2-4,7-8,11,13,18H,5-6,9-10,12H2,1H3,(H,24,28). The summed E-state index contributed by atoms with van der Waals surface area (Å²) in [7, 11) is 0. The maximum Gasteiger partial charge on any atom is 0.270 e. The molecule has 1 aromatic carbocycles. The number of likely N-dealkylation sites (tertiary alicyclic amines) is 1. The molecule has 1 amide bonds. The van der Waals surface area contributed by atoms with Crippen molar-refractivity contribution >= 4 is 34.8 Å². The average molecular weight is 417 g/mol. The van der Waals surface area contributed by atoms with Gasteiger partial charge in [0.2, 0.25) is 0 Å². The number of fused-ring (bicyclic) bond motifs is 1. The van der Waals surface area contributed by atoms with Crippen LogP contribution in [0.25, 0.3) is 5.65 Å². The van der Waals surface area contributed by atoms with Crippen molar-refractivity contribution in [3.63, 3.8) is 0 Å². The first kappa shape index (κ1) is 19.2. The first-order valence-electron chi connectivity index (χ1n) is 9.45. The molecule has 1 fully saturated rings. The quantitative estimate of drug-likeness (QED) is 0.664. The molecule has 28 heavy (non-hydrogen) atoms. The number of carbonyl (C=O) groups is 1. The number of carbonyl (C=O) groups excluding carboxylic acids is 1. The third-order valence-corrected chi connectivity index (χ3v) is 5.74. The third-order valence-electron chi connectivity index (χ3n) is 5.25. The van der Waals surface area contributed by atoms with Crippen LogP contribution in [0.15, 0.2) is 42.6 Å². The second-order valence-electron chi connectivity index (χ2n) is 7.13. The average Bonchev–Trinajstić information content (AvgIpc) is 3.31. The maximum absolute atomic E-state index is 13.0. The predicted octanol–water partition coefficient (Wildman–Crippen LogP) is 4.52. The minimum absolute atomic E-state index is 0.152. The molecule has 1 unspecified atom stereocenters. The van der Waals surface area contributed by atoms with E-state index in [0.717, 1.165) is 13.1 Å². The fourth-order valence-electron chi connectivity index (χ4n) is 3.92. The summed E-state index contributed by atoms with van der Waals surface area (Å²) >= 11 is 12.4. The first-order valence-corrected chi connectivity index (χ1v) is 10.2. The Balaban J connectivity index is 1.59. The smallest absolute Gasteiger partial charge is 0.270 e. The van der Waals surface area contributed by atoms with Crippen molar-refractivity contribution in [1.82, 2.24) is 19.6 Å². The van der Waals surface area contributed by atoms with E-state index in [1.54, 1.807) is 23.6 Å². The Hall–Kier alpha value is -2.08. The van der Waals surface area contributed by atoms with Crippen molar-refractivity contribution in [2.24, 2.45) is 0 Å². The second kappa shape index (κ2) is 8.11. The molecule has 2 aromatic heterocycles. The lowest BCUT2D eigenvalue weighted by Crippen LogP contribution is -2.37. The van der Waals surface area contributed by atoms with Gasteiger partial charge in [-0.3, -0.25) is 14.1 Å². The Bertz CT molecular complexity index is 997. The molecule has 0 radical (unpaired) electrons. The van der Waals surface area contributed by atoms with Gasteiger partial charge in [-0.1, -0.05) is 53.5 Å². The van der Waals surface area contributed by atoms with Crippen molar-refractivity contribution in [1.29, 1.82) is 0 Å². The van der Waals surface area contributed by atoms with E-state index in [0.29, 0.717) is 33.6 Å². The zero-order chi connectivity index (χ0) is 19.7. The summed E-state index contributed by atoms with van der Waals surface area (Å²) in [5.41, 5.74) is 2.84. The molecule has 1 aliphatic rings. The molecular weight excluding hydrogens is 395 g/mol. The summed E-state index contributed by atoms with van der Waals surface area (Å²) in [5, 5.41) is 3.99. The Morgan fingerprint density at radius 3 is 2.64 bits per heavy atom. The molecule has 1 N–H and O–H groups in total. The molecule has 0 saturated carbocycles. The van der Waals surface area contributed by atoms with Gasteiger partial charge in [0.25, 0.3) is 5.91 Å². The van der Waals surface area contributed by atoms with Gasteiger partial charge in [0, 0.05) is 12.7 Å². The number of pyridine rings is 1. The topological polar surface area (TPSA) is 49.6 Å². The SMILES string of the molecule is Cc1nc2c(Cl)cc(Cl)cn2c1C(=O)NCC(c1ccccc1)N1CCCC1. The third kappa shape index (κ3) is 3.75. The van der Waals surface area contributed by atoms with Crippen LogP contribution >= 0.6 is 23.2 Å². The molecule has 7 heteroatoms. The molecule has 146 valence electrons. The summed E-state index contributed by atoms with van der Waals surface area (Å²) in [6, 6.07) is 12.1. The first-order chi connectivity index (χ1) is 13.5. The minimum atomic E-state index is -0.177. The number of aryl methyl sites for hydroxylation is 1. The van der Waals surface area contributed by atoms with Crippen molar-refractivity contribution in [3.8, 4) is 0 Å². The van der Waals surface area contributed by atoms with E-state index in [-0.39, 0.29) is 11.9 Å². The largest absolute Gasteiger partial charge is 0.349 e. The molecule has 5 nitrogen and oxygen atoms in total. The van der Waals surface area contributed by atoms with E-state index in [1.807, 2.05) is 18.2 Å². The summed E-state index contributed by atoms with van der Waals surface area (Å²) in [5.74, 6) is -0.177. The lowest BCUT2D eigenvalue weighted by molar-refractivity contribution is 0.0931. The lowest BCUT2D eigenvalue weighted by atomic mass is 10.1. The van der Waals surface area contributed by atoms with Crippen molar-refractivity contribution in [3.05, 3.63) is 69.6 Å². The highest BCUT2D eigenvalue weighted by Gasteiger charge is 2.25. The Morgan fingerprint density at radius 2 is 1.93 bits per heavy atom. The highest BCUT2D eigenvalue weighted by Crippen LogP contribution is 2.26. The monoisotopic (exact) mass is 416 g/mol. The molecule has 1 atom stereocenters. The molecule has 3 aromatic rings. The molecule has 4 rings (SSSR count). The van der Waals surface area contributed by atoms with E-state index in [1.165, 1.54) is 18.4 Å². The molecule has 0 aliphatic carbocycles. The number of halogens is 2. The van der Waals surface area contributed by atoms with E-state index in [4.69, 9.17) is 23.2 Å². The number of amides is 1. The second-order valence-corrected chi connectivity index (χ2v) is 7.97. The van der Waals surface area contributed by atoms with Crippen LogP contribution in [0.4, 0.5) is 0 Å². The summed E-state index contributed by atoms with van der Waals surface area (Å²) in [6.45, 7) is 4.44. The fourth-order valence-corrected chi connectivity index (χ4v) is 4.43. The number of hydrogen-bond donors (Lipinski definition) is 1. The number of nitrogens with one attached hydrogen (secondary N) is 1. The Morgan fingerprint density at radius 1 is 1.21 bits per heavy atom. The number of imidazole rings is 1. The van der Waals surface area contributed by atoms with Gasteiger partial charge in [0.1, 0.15) is 5.69 Å². The van der Waals surface area contributed by atoms with Crippen LogP contribution in [-0.2, 0) is 0 Å². The van der Waals surface area contributed by atoms with Gasteiger partial charge in [-0.25, -0.2) is 4.98 Å². The molecule has 3 heterocycles. The Labute approximate surface area is 174 Å². The number of nitrogens with zero attached hydrogens (tertiary/aromatic N) is 3. The number of rotatable bonds is 5. The highest BCUT2D eigenvalue weighted by molar-refractivity contribution is 6.36. The van der Waals surface area contributed by atoms with Gasteiger partial charge in [-0.15, -0.1) is 0 Å². The Kier molecular flexibility index (Phi) is 5.58. The van der Waals surface area contributed by atoms with Crippen molar-refractivity contribution in [2.45, 2.75) is 25.8 Å². The zero-order valence-corrected chi connectivity index (χ0v) is 17.2. The summed E-state index contributed by atoms with van der Waals surface area (Å²) < 4.78 is 1.67. The van der Waals surface area contributed by atoms with Gasteiger partial charge in [-0.05, 0) is 44.5 Å². The molecular formula is C21H22Cl2N4O. The van der Waals surface area contributed by atoms with Crippen molar-refractivity contribution < 1.29 is 4.79 Å². The van der Waals surface area contributed by atoms with Crippen LogP contribution in [0.5, 0.6) is 0 Å². The van der Waals surface area contributed by atoms with E-state index < -0.39 is 0 Å². The van der Waals surface area contributed by atoms with Crippen LogP contribution in [0.1, 0.15) is 40.6 Å². The highest BCUT2D eigenvalue weighted by atomic mass is 35.5. The van der Waals surface area contributed by atoms with Crippen LogP contribution in [0.3, 0.4) is 0 Å². The van der Waals surface area contributed by atoms with Gasteiger partial charge in [-0.2, -0.15) is 0 Å². The van der Waals surface area contributed by atoms with E-state index in [9.17, 15) is 4.79 Å². The zero-order valence-electron chi connectivity index (χ0n) is 15.7. The normalized spacial score (nSPS) is 15.8. The van der Waals surface area contributed by atoms with Gasteiger partial charge >= 0.3 is 0 Å². The number of aromatic nitrogens is 2. The van der Waals surface area contributed by atoms with Crippen LogP contribution < -0.4 is 5.32 Å². The molecule has 0 bridgehead atoms. The lowest BCUT2D eigenvalue weighted by Gasteiger charge is -2.28.